The Bertz CT molecular complexity index is 1270. The van der Waals surface area contributed by atoms with Gasteiger partial charge in [0.25, 0.3) is 0 Å². The van der Waals surface area contributed by atoms with Crippen LogP contribution < -0.4 is 0 Å². The molecule has 0 saturated carbocycles. The van der Waals surface area contributed by atoms with Crippen LogP contribution in [0.3, 0.4) is 0 Å². The Morgan fingerprint density at radius 1 is 0.551 bits per heavy atom. The summed E-state index contributed by atoms with van der Waals surface area (Å²) >= 11 is 0. The highest BCUT2D eigenvalue weighted by atomic mass is 16.5. The third-order valence-electron chi connectivity index (χ3n) is 8.00. The molecule has 0 aliphatic carbocycles. The maximum absolute atomic E-state index is 12.3. The van der Waals surface area contributed by atoms with Crippen molar-refractivity contribution in [2.45, 2.75) is 115 Å². The number of hydrogen-bond donors (Lipinski definition) is 6. The van der Waals surface area contributed by atoms with Gasteiger partial charge >= 0.3 is 11.9 Å². The monoisotopic (exact) mass is 694 g/mol. The molecule has 4 rings (SSSR count). The summed E-state index contributed by atoms with van der Waals surface area (Å²) in [7, 11) is 0. The number of phenols is 4. The predicted octanol–water partition coefficient (Wildman–Crippen LogP) is 4.27. The van der Waals surface area contributed by atoms with Crippen LogP contribution in [0.25, 0.3) is 12.2 Å². The molecule has 276 valence electrons. The van der Waals surface area contributed by atoms with Crippen molar-refractivity contribution >= 4 is 24.1 Å². The average molecular weight is 695 g/mol. The average Bonchev–Trinajstić information content (AvgIpc) is 2.95. The highest BCUT2D eigenvalue weighted by Gasteiger charge is 2.22. The van der Waals surface area contributed by atoms with Crippen molar-refractivity contribution in [2.24, 2.45) is 0 Å². The number of ether oxygens (including phenoxy) is 2. The summed E-state index contributed by atoms with van der Waals surface area (Å²) in [6.07, 6.45) is 14.8. The number of carbonyl (C=O) groups excluding carboxylic acids is 2. The molecule has 0 unspecified atom stereocenters. The molecule has 0 aromatic heterocycles. The Morgan fingerprint density at radius 3 is 1.27 bits per heavy atom. The first kappa shape index (κ1) is 44.9. The van der Waals surface area contributed by atoms with Gasteiger partial charge in [-0.1, -0.05) is 24.3 Å². The van der Waals surface area contributed by atoms with Crippen molar-refractivity contribution in [3.8, 4) is 23.0 Å². The molecule has 12 N–H and O–H groups in total. The van der Waals surface area contributed by atoms with Crippen LogP contribution in [0, 0.1) is 0 Å². The third kappa shape index (κ3) is 14.9. The first-order valence-corrected chi connectivity index (χ1v) is 16.2. The maximum Gasteiger partial charge on any atom is 0.342 e. The summed E-state index contributed by atoms with van der Waals surface area (Å²) in [5.74, 6) is -2.00. The minimum Gasteiger partial charge on any atom is -0.508 e. The first-order chi connectivity index (χ1) is 21.9. The lowest BCUT2D eigenvalue weighted by molar-refractivity contribution is 0.0295. The number of allylic oxidation sites excluding steroid dienone is 2. The van der Waals surface area contributed by atoms with Crippen molar-refractivity contribution in [3.05, 3.63) is 58.7 Å². The molecule has 49 heavy (non-hydrogen) atoms. The normalized spacial score (nSPS) is 23.5. The molecule has 13 heteroatoms. The summed E-state index contributed by atoms with van der Waals surface area (Å²) in [5.41, 5.74) is 1.00. The van der Waals surface area contributed by atoms with E-state index in [2.05, 4.69) is 0 Å². The van der Waals surface area contributed by atoms with Crippen LogP contribution in [-0.4, -0.2) is 83.4 Å². The second-order valence-corrected chi connectivity index (χ2v) is 12.1. The zero-order valence-electron chi connectivity index (χ0n) is 28.2. The van der Waals surface area contributed by atoms with E-state index in [1.807, 2.05) is 12.2 Å². The molecule has 13 nitrogen and oxygen atoms in total. The van der Waals surface area contributed by atoms with Gasteiger partial charge in [-0.2, -0.15) is 0 Å². The molecule has 0 saturated heterocycles. The van der Waals surface area contributed by atoms with Crippen molar-refractivity contribution in [1.29, 1.82) is 0 Å². The molecular weight excluding hydrogens is 640 g/mol. The fourth-order valence-corrected chi connectivity index (χ4v) is 5.51. The van der Waals surface area contributed by atoms with Gasteiger partial charge in [0.1, 0.15) is 34.1 Å². The molecule has 2 aromatic carbocycles. The number of rotatable bonds is 0. The number of phenolic OH excluding ortho intramolecular Hbond substituents is 4. The van der Waals surface area contributed by atoms with Gasteiger partial charge in [-0.05, 0) is 114 Å². The van der Waals surface area contributed by atoms with Gasteiger partial charge in [-0.25, -0.2) is 9.59 Å². The van der Waals surface area contributed by atoms with Gasteiger partial charge < -0.3 is 56.5 Å². The number of cyclic esters (lactones) is 2. The van der Waals surface area contributed by atoms with E-state index < -0.39 is 11.9 Å². The third-order valence-corrected chi connectivity index (χ3v) is 8.00. The number of benzene rings is 2. The molecule has 0 amide bonds. The molecule has 0 spiro atoms. The van der Waals surface area contributed by atoms with E-state index >= 15 is 0 Å². The molecule has 0 radical (unpaired) electrons. The topological polar surface area (TPSA) is 268 Å². The zero-order valence-corrected chi connectivity index (χ0v) is 28.2. The van der Waals surface area contributed by atoms with Gasteiger partial charge in [-0.15, -0.1) is 0 Å². The maximum atomic E-state index is 12.3. The van der Waals surface area contributed by atoms with Gasteiger partial charge in [0.2, 0.25) is 0 Å². The molecule has 2 aliphatic rings. The smallest absolute Gasteiger partial charge is 0.342 e. The predicted molar refractivity (Wildman–Crippen MR) is 186 cm³/mol. The quantitative estimate of drug-likeness (QED) is 0.213. The second kappa shape index (κ2) is 22.5. The van der Waals surface area contributed by atoms with Crippen LogP contribution in [0.4, 0.5) is 0 Å². The molecule has 0 fully saturated rings. The lowest BCUT2D eigenvalue weighted by atomic mass is 10.0. The SMILES string of the molecule is C[C@H]1CCC[C@@H](O)CCC/C=C/c2cc(O)cc(O)c2C(=O)O1.C[C@H]1CCC[C@@H](O)CCC/C=C/c2cc(O)cc(O)c2C(=O)O1.O.O.O. The van der Waals surface area contributed by atoms with Crippen LogP contribution in [-0.2, 0) is 9.47 Å². The zero-order chi connectivity index (χ0) is 33.6. The Kier molecular flexibility index (Phi) is 20.6. The number of aliphatic hydroxyl groups is 2. The van der Waals surface area contributed by atoms with E-state index in [9.17, 15) is 40.2 Å². The highest BCUT2D eigenvalue weighted by molar-refractivity contribution is 5.97. The van der Waals surface area contributed by atoms with E-state index in [1.54, 1.807) is 26.0 Å². The van der Waals surface area contributed by atoms with E-state index in [0.29, 0.717) is 36.8 Å². The lowest BCUT2D eigenvalue weighted by Crippen LogP contribution is -2.17. The summed E-state index contributed by atoms with van der Waals surface area (Å²) in [6.45, 7) is 3.59. The first-order valence-electron chi connectivity index (χ1n) is 16.2. The van der Waals surface area contributed by atoms with Crippen molar-refractivity contribution < 1.29 is 66.1 Å². The molecule has 2 heterocycles. The Balaban J connectivity index is 0.000000886. The van der Waals surface area contributed by atoms with Crippen molar-refractivity contribution in [2.75, 3.05) is 0 Å². The van der Waals surface area contributed by atoms with Crippen molar-refractivity contribution in [1.82, 2.24) is 0 Å². The Hall–Kier alpha value is -4.14. The van der Waals surface area contributed by atoms with Gasteiger partial charge in [0, 0.05) is 12.1 Å². The number of esters is 2. The van der Waals surface area contributed by atoms with E-state index in [-0.39, 0.29) is 75.0 Å². The minimum atomic E-state index is -0.604. The number of hydrogen-bond acceptors (Lipinski definition) is 10. The highest BCUT2D eigenvalue weighted by Crippen LogP contribution is 2.31. The van der Waals surface area contributed by atoms with Gasteiger partial charge in [0.05, 0.1) is 24.4 Å². The molecule has 0 bridgehead atoms. The van der Waals surface area contributed by atoms with E-state index in [0.717, 1.165) is 63.5 Å². The largest absolute Gasteiger partial charge is 0.508 e. The van der Waals surface area contributed by atoms with Gasteiger partial charge in [-0.3, -0.25) is 0 Å². The van der Waals surface area contributed by atoms with Crippen LogP contribution in [0.1, 0.15) is 123 Å². The summed E-state index contributed by atoms with van der Waals surface area (Å²) in [4.78, 5) is 24.7. The summed E-state index contributed by atoms with van der Waals surface area (Å²) in [6, 6.07) is 5.13. The molecular formula is C36H54O13. The lowest BCUT2D eigenvalue weighted by Gasteiger charge is -2.17. The molecule has 4 atom stereocenters. The van der Waals surface area contributed by atoms with Gasteiger partial charge in [0.15, 0.2) is 0 Å². The Morgan fingerprint density at radius 2 is 0.898 bits per heavy atom. The number of aromatic hydroxyl groups is 4. The standard InChI is InChI=1S/2C18H24O5.3H2O/c2*1-12-6-5-9-14(19)8-4-2-3-7-13-10-15(20)11-16(21)17(13)18(22)23-12;;;/h2*3,7,10-12,14,19-21H,2,4-6,8-9H2,1H3;3*1H2/b2*7-3+;;;/t2*12-,14-;;;/m00.../s1. The number of carbonyl (C=O) groups is 2. The van der Waals surface area contributed by atoms with E-state index in [1.165, 1.54) is 12.1 Å². The summed E-state index contributed by atoms with van der Waals surface area (Å²) < 4.78 is 10.8. The van der Waals surface area contributed by atoms with Crippen LogP contribution in [0.5, 0.6) is 23.0 Å². The van der Waals surface area contributed by atoms with Crippen LogP contribution in [0.15, 0.2) is 36.4 Å². The second-order valence-electron chi connectivity index (χ2n) is 12.1. The summed E-state index contributed by atoms with van der Waals surface area (Å²) in [5, 5.41) is 59.1. The number of fused-ring (bicyclic) bond motifs is 2. The molecule has 2 aromatic rings. The molecule has 2 aliphatic heterocycles. The van der Waals surface area contributed by atoms with Crippen LogP contribution >= 0.6 is 0 Å². The Labute approximate surface area is 287 Å². The number of aliphatic hydroxyl groups excluding tert-OH is 2. The minimum absolute atomic E-state index is 0. The fraction of sp³-hybridized carbons (Fsp3) is 0.500. The van der Waals surface area contributed by atoms with E-state index in [4.69, 9.17) is 9.47 Å². The van der Waals surface area contributed by atoms with Crippen molar-refractivity contribution in [3.63, 3.8) is 0 Å². The van der Waals surface area contributed by atoms with Crippen LogP contribution in [0.2, 0.25) is 0 Å². The fourth-order valence-electron chi connectivity index (χ4n) is 5.51.